The second kappa shape index (κ2) is 36.0. The van der Waals surface area contributed by atoms with Gasteiger partial charge in [0, 0.05) is 54.2 Å². The van der Waals surface area contributed by atoms with E-state index in [1.54, 1.807) is 47.1 Å². The highest BCUT2D eigenvalue weighted by Crippen LogP contribution is 2.25. The lowest BCUT2D eigenvalue weighted by Crippen LogP contribution is -2.64. The number of hydrogen-bond donors (Lipinski definition) is 6. The Kier molecular flexibility index (Phi) is 32.0. The smallest absolute Gasteiger partial charge is 0.391 e. The molecule has 1 aromatic rings. The van der Waals surface area contributed by atoms with Crippen LogP contribution in [-0.2, 0) is 49.6 Å². The third-order valence-corrected chi connectivity index (χ3v) is 16.2. The molecule has 6 N–H and O–H groups in total. The van der Waals surface area contributed by atoms with Gasteiger partial charge >= 0.3 is 12.1 Å². The molecule has 0 bridgehead atoms. The van der Waals surface area contributed by atoms with Crippen LogP contribution < -0.4 is 21.3 Å². The Morgan fingerprint density at radius 2 is 1.09 bits per heavy atom. The fourth-order valence-corrected chi connectivity index (χ4v) is 10.9. The van der Waals surface area contributed by atoms with Gasteiger partial charge in [-0.05, 0) is 132 Å². The number of carbonyl (C=O) groups excluding carboxylic acids is 9. The first kappa shape index (κ1) is 77.3. The number of aromatic nitrogens is 1. The quantitative estimate of drug-likeness (QED) is 0.0850. The van der Waals surface area contributed by atoms with Crippen molar-refractivity contribution < 1.29 is 58.1 Å². The highest BCUT2D eigenvalue weighted by molar-refractivity contribution is 5.98. The van der Waals surface area contributed by atoms with Crippen molar-refractivity contribution in [3.05, 3.63) is 30.1 Å². The van der Waals surface area contributed by atoms with Crippen LogP contribution in [0.2, 0.25) is 0 Å². The van der Waals surface area contributed by atoms with Gasteiger partial charge in [0.05, 0.1) is 31.1 Å². The predicted molar refractivity (Wildman–Crippen MR) is 334 cm³/mol. The summed E-state index contributed by atoms with van der Waals surface area (Å²) in [5, 5.41) is 35.7. The van der Waals surface area contributed by atoms with Crippen LogP contribution in [-0.4, -0.2) is 232 Å². The average Bonchev–Trinajstić information content (AvgIpc) is 3.49. The number of likely N-dealkylation sites (N-methyl/N-ethyl adjacent to an activating group) is 5. The molecule has 24 heteroatoms. The molecule has 3 unspecified atom stereocenters. The predicted octanol–water partition coefficient (Wildman–Crippen LogP) is 3.73. The molecule has 12 atom stereocenters. The monoisotopic (exact) mass is 1230 g/mol. The SMILES string of the molecule is CC(C)C[C@@H]1C(=O)N[C@H](CC(C)C)C(=O)N(C)C(C(C)C)C(=O)N(C)C([C@H](O)[C@H](C)CCN(C)Cc2ccncc2)C(=O)NC([C@@H](C)O)C(=O)N(C)CC(=O)N(C)[C@@H](CC(C)C)C(=O)N[C@H](CC(C)C)N(C)[C@H](CC(C)C)N[C@H](C)C(=O)OC(=O)N1C. The number of aliphatic hydroxyl groups excluding tert-OH is 2. The number of cyclic esters (lactones) is 2. The lowest BCUT2D eigenvalue weighted by atomic mass is 9.91. The molecule has 1 saturated heterocycles. The maximum Gasteiger partial charge on any atom is 0.417 e. The topological polar surface area (TPSA) is 287 Å². The molecular formula is C63H112N12O12. The Labute approximate surface area is 519 Å². The van der Waals surface area contributed by atoms with Crippen molar-refractivity contribution in [2.75, 3.05) is 62.4 Å². The van der Waals surface area contributed by atoms with E-state index in [0.717, 1.165) is 20.3 Å². The van der Waals surface area contributed by atoms with Crippen LogP contribution in [0.1, 0.15) is 148 Å². The lowest BCUT2D eigenvalue weighted by Gasteiger charge is -2.40. The first-order chi connectivity index (χ1) is 40.3. The van der Waals surface area contributed by atoms with Crippen molar-refractivity contribution in [3.63, 3.8) is 0 Å². The molecular weight excluding hydrogens is 1120 g/mol. The number of pyridine rings is 1. The van der Waals surface area contributed by atoms with Gasteiger partial charge in [0.25, 0.3) is 0 Å². The van der Waals surface area contributed by atoms with Crippen molar-refractivity contribution in [1.29, 1.82) is 0 Å². The molecule has 1 aliphatic heterocycles. The van der Waals surface area contributed by atoms with Gasteiger partial charge in [-0.2, -0.15) is 0 Å². The zero-order chi connectivity index (χ0) is 66.6. The molecule has 2 rings (SSSR count). The summed E-state index contributed by atoms with van der Waals surface area (Å²) >= 11 is 0. The molecule has 0 radical (unpaired) electrons. The van der Waals surface area contributed by atoms with E-state index in [-0.39, 0.29) is 48.9 Å². The summed E-state index contributed by atoms with van der Waals surface area (Å²) < 4.78 is 5.49. The second-order valence-corrected chi connectivity index (χ2v) is 26.9. The first-order valence-electron chi connectivity index (χ1n) is 31.2. The summed E-state index contributed by atoms with van der Waals surface area (Å²) in [7, 11) is 10.5. The van der Waals surface area contributed by atoms with Crippen molar-refractivity contribution in [2.24, 2.45) is 41.4 Å². The number of hydrogen-bond acceptors (Lipinski definition) is 16. The van der Waals surface area contributed by atoms with Gasteiger partial charge in [-0.15, -0.1) is 0 Å². The Bertz CT molecular complexity index is 2390. The van der Waals surface area contributed by atoms with Gasteiger partial charge < -0.3 is 55.4 Å². The number of aliphatic hydroxyl groups is 2. The molecule has 87 heavy (non-hydrogen) atoms. The third kappa shape index (κ3) is 23.9. The second-order valence-electron chi connectivity index (χ2n) is 26.9. The van der Waals surface area contributed by atoms with E-state index in [1.807, 2.05) is 98.2 Å². The van der Waals surface area contributed by atoms with E-state index in [9.17, 15) is 43.8 Å². The Morgan fingerprint density at radius 1 is 0.598 bits per heavy atom. The molecule has 2 heterocycles. The van der Waals surface area contributed by atoms with Crippen LogP contribution in [0.3, 0.4) is 0 Å². The van der Waals surface area contributed by atoms with Crippen LogP contribution in [0.25, 0.3) is 0 Å². The van der Waals surface area contributed by atoms with E-state index >= 15 is 9.59 Å². The van der Waals surface area contributed by atoms with Crippen molar-refractivity contribution in [1.82, 2.24) is 60.6 Å². The molecule has 0 spiro atoms. The summed E-state index contributed by atoms with van der Waals surface area (Å²) in [6.45, 7) is 27.6. The van der Waals surface area contributed by atoms with Crippen LogP contribution in [0, 0.1) is 41.4 Å². The summed E-state index contributed by atoms with van der Waals surface area (Å²) in [6.07, 6.45) is -0.454. The van der Waals surface area contributed by atoms with E-state index in [2.05, 4.69) is 26.3 Å². The van der Waals surface area contributed by atoms with Crippen LogP contribution >= 0.6 is 0 Å². The Balaban J connectivity index is 2.96. The van der Waals surface area contributed by atoms with Crippen LogP contribution in [0.5, 0.6) is 0 Å². The Hall–Kier alpha value is -5.82. The van der Waals surface area contributed by atoms with Crippen LogP contribution in [0.15, 0.2) is 24.5 Å². The first-order valence-corrected chi connectivity index (χ1v) is 31.2. The van der Waals surface area contributed by atoms with E-state index < -0.39 is 139 Å². The minimum atomic E-state index is -1.73. The molecule has 1 aliphatic rings. The fourth-order valence-electron chi connectivity index (χ4n) is 10.9. The normalized spacial score (nSPS) is 25.7. The number of amides is 8. The third-order valence-electron chi connectivity index (χ3n) is 16.2. The summed E-state index contributed by atoms with van der Waals surface area (Å²) in [5.41, 5.74) is 0.998. The molecule has 0 saturated carbocycles. The van der Waals surface area contributed by atoms with Gasteiger partial charge in [0.1, 0.15) is 42.3 Å². The highest BCUT2D eigenvalue weighted by Gasteiger charge is 2.45. The number of ether oxygens (including phenoxy) is 1. The van der Waals surface area contributed by atoms with Crippen molar-refractivity contribution in [3.8, 4) is 0 Å². The van der Waals surface area contributed by atoms with E-state index in [1.165, 1.54) is 52.0 Å². The number of carbonyl (C=O) groups is 9. The largest absolute Gasteiger partial charge is 0.417 e. The zero-order valence-electron chi connectivity index (χ0n) is 56.6. The van der Waals surface area contributed by atoms with Crippen molar-refractivity contribution in [2.45, 2.75) is 216 Å². The van der Waals surface area contributed by atoms with Gasteiger partial charge in [0.15, 0.2) is 0 Å². The summed E-state index contributed by atoms with van der Waals surface area (Å²) in [5.74, 6) is -7.72. The molecule has 24 nitrogen and oxygen atoms in total. The molecule has 0 aliphatic carbocycles. The van der Waals surface area contributed by atoms with Gasteiger partial charge in [-0.1, -0.05) is 90.0 Å². The molecule has 1 aromatic heterocycles. The Morgan fingerprint density at radius 3 is 1.60 bits per heavy atom. The van der Waals surface area contributed by atoms with E-state index in [4.69, 9.17) is 4.74 Å². The molecule has 496 valence electrons. The minimum absolute atomic E-state index is 0.0478. The number of rotatable bonds is 19. The van der Waals surface area contributed by atoms with Crippen LogP contribution in [0.4, 0.5) is 4.79 Å². The standard InChI is InChI=1S/C63H112N12O12/c1-36(2)29-46-59(82)74(21)53(41(11)12)61(84)75(22)54(55(78)42(13)25-28-69(16)34-45-23-26-64-27-24-45)58(81)68-52(44(15)76)60(83)70(17)35-51(77)71(18)47(30-37(3)4)57(80)67-50(33-40(9)10)73(20)49(32-39(7)8)65-43(14)62(85)87-63(86)72(19)48(31-38(5)6)56(79)66-46/h23-24,26-27,36-44,46-50,52-55,65,76,78H,25,28-35H2,1-22H3,(H,66,79)(H,67,80)(H,68,81)/t42-,43-,44-,46-,47+,48-,49-,50+,52?,53?,54?,55-/m1/s1. The summed E-state index contributed by atoms with van der Waals surface area (Å²) in [4.78, 5) is 145. The molecule has 0 aromatic carbocycles. The number of nitrogens with one attached hydrogen (secondary N) is 4. The van der Waals surface area contributed by atoms with Gasteiger partial charge in [-0.3, -0.25) is 53.7 Å². The van der Waals surface area contributed by atoms with Gasteiger partial charge in [0.2, 0.25) is 41.4 Å². The average molecular weight is 1230 g/mol. The lowest BCUT2D eigenvalue weighted by molar-refractivity contribution is -0.155. The molecule has 8 amide bonds. The maximum absolute atomic E-state index is 15.3. The maximum atomic E-state index is 15.3. The number of esters is 1. The van der Waals surface area contributed by atoms with E-state index in [0.29, 0.717) is 32.4 Å². The fraction of sp³-hybridized carbons (Fsp3) is 0.778. The number of nitrogens with zero attached hydrogens (tertiary/aromatic N) is 8. The van der Waals surface area contributed by atoms with Gasteiger partial charge in [-0.25, -0.2) is 9.59 Å². The summed E-state index contributed by atoms with van der Waals surface area (Å²) in [6, 6.07) is -5.59. The van der Waals surface area contributed by atoms with Crippen molar-refractivity contribution >= 4 is 53.4 Å². The highest BCUT2D eigenvalue weighted by atomic mass is 16.6. The molecule has 1 fully saturated rings. The minimum Gasteiger partial charge on any atom is -0.391 e. The zero-order valence-corrected chi connectivity index (χ0v) is 56.6.